The van der Waals surface area contributed by atoms with Crippen molar-refractivity contribution in [3.8, 4) is 0 Å². The maximum Gasteiger partial charge on any atom is 0.408 e. The summed E-state index contributed by atoms with van der Waals surface area (Å²) >= 11 is 1.16. The molecule has 1 amide bonds. The van der Waals surface area contributed by atoms with Gasteiger partial charge in [-0.05, 0) is 45.4 Å². The Bertz CT molecular complexity index is 536. The van der Waals surface area contributed by atoms with Crippen LogP contribution in [0.4, 0.5) is 4.79 Å². The predicted octanol–water partition coefficient (Wildman–Crippen LogP) is 3.13. The monoisotopic (exact) mass is 344 g/mol. The first-order chi connectivity index (χ1) is 10.6. The lowest BCUT2D eigenvalue weighted by Crippen LogP contribution is -2.47. The molecule has 1 N–H and O–H groups in total. The Morgan fingerprint density at radius 1 is 1.39 bits per heavy atom. The van der Waals surface area contributed by atoms with Crippen molar-refractivity contribution in [2.75, 3.05) is 5.94 Å². The summed E-state index contributed by atoms with van der Waals surface area (Å²) in [4.78, 5) is 28.0. The number of aryl methyl sites for hydroxylation is 1. The number of carbonyl (C=O) groups excluding carboxylic acids is 2. The van der Waals surface area contributed by atoms with E-state index in [9.17, 15) is 9.59 Å². The van der Waals surface area contributed by atoms with Crippen molar-refractivity contribution in [3.05, 3.63) is 12.0 Å². The summed E-state index contributed by atoms with van der Waals surface area (Å²) in [5.74, 6) is -0.608. The van der Waals surface area contributed by atoms with E-state index < -0.39 is 23.7 Å². The van der Waals surface area contributed by atoms with Crippen LogP contribution in [0.1, 0.15) is 40.3 Å². The quantitative estimate of drug-likeness (QED) is 0.481. The van der Waals surface area contributed by atoms with Gasteiger partial charge in [-0.2, -0.15) is 0 Å². The van der Waals surface area contributed by atoms with Gasteiger partial charge < -0.3 is 19.2 Å². The zero-order valence-electron chi connectivity index (χ0n) is 14.3. The molecule has 0 unspecified atom stereocenters. The maximum absolute atomic E-state index is 12.1. The van der Waals surface area contributed by atoms with Crippen molar-refractivity contribution < 1.29 is 23.5 Å². The number of alkyl carbamates (subject to hydrolysis) is 1. The van der Waals surface area contributed by atoms with E-state index in [-0.39, 0.29) is 11.9 Å². The molecule has 130 valence electrons. The number of carbonyl (C=O) groups is 2. The highest BCUT2D eigenvalue weighted by Crippen LogP contribution is 2.17. The molecule has 8 heteroatoms. The molecule has 1 aromatic heterocycles. The van der Waals surface area contributed by atoms with Crippen molar-refractivity contribution in [2.24, 2.45) is 5.92 Å². The third-order valence-corrected chi connectivity index (χ3v) is 3.24. The first-order valence-electron chi connectivity index (χ1n) is 7.29. The summed E-state index contributed by atoms with van der Waals surface area (Å²) in [6.45, 7) is 10.7. The number of nitrogens with zero attached hydrogens (tertiary/aromatic N) is 1. The molecule has 1 rings (SSSR count). The lowest BCUT2D eigenvalue weighted by molar-refractivity contribution is -0.145. The van der Waals surface area contributed by atoms with Crippen molar-refractivity contribution in [2.45, 2.75) is 58.4 Å². The van der Waals surface area contributed by atoms with Crippen LogP contribution < -0.4 is 5.32 Å². The average molecular weight is 344 g/mol. The summed E-state index contributed by atoms with van der Waals surface area (Å²) in [6.07, 6.45) is 0.870. The Morgan fingerprint density at radius 2 is 2.04 bits per heavy atom. The standard InChI is InChI=1S/C15H24N2O5S/c1-9(2)11(17-13(19)22-15(4,5)6)12(18)21-8-23-14-16-10(3)7-20-14/h7,9,11H,8H2,1-6H3,(H,17,19)/t11-/m0/s1. The number of hydrogen-bond donors (Lipinski definition) is 1. The molecule has 0 saturated heterocycles. The molecule has 1 aromatic rings. The second kappa shape index (κ2) is 8.24. The van der Waals surface area contributed by atoms with E-state index in [2.05, 4.69) is 10.3 Å². The van der Waals surface area contributed by atoms with Gasteiger partial charge in [-0.25, -0.2) is 14.6 Å². The Morgan fingerprint density at radius 3 is 2.52 bits per heavy atom. The number of esters is 1. The summed E-state index contributed by atoms with van der Waals surface area (Å²) in [6, 6.07) is -0.781. The third kappa shape index (κ3) is 7.40. The summed E-state index contributed by atoms with van der Waals surface area (Å²) in [7, 11) is 0. The van der Waals surface area contributed by atoms with E-state index in [1.54, 1.807) is 27.7 Å². The van der Waals surface area contributed by atoms with Gasteiger partial charge in [-0.1, -0.05) is 13.8 Å². The fourth-order valence-corrected chi connectivity index (χ4v) is 2.16. The predicted molar refractivity (Wildman–Crippen MR) is 86.1 cm³/mol. The zero-order valence-corrected chi connectivity index (χ0v) is 15.2. The zero-order chi connectivity index (χ0) is 17.6. The minimum absolute atomic E-state index is 0.0536. The van der Waals surface area contributed by atoms with E-state index in [1.165, 1.54) is 6.26 Å². The number of aromatic nitrogens is 1. The first-order valence-corrected chi connectivity index (χ1v) is 8.28. The molecule has 0 radical (unpaired) electrons. The molecule has 0 aliphatic rings. The largest absolute Gasteiger partial charge is 0.453 e. The van der Waals surface area contributed by atoms with Crippen LogP contribution in [0.15, 0.2) is 15.9 Å². The fraction of sp³-hybridized carbons (Fsp3) is 0.667. The van der Waals surface area contributed by atoms with Gasteiger partial charge in [-0.15, -0.1) is 0 Å². The minimum atomic E-state index is -0.781. The third-order valence-electron chi connectivity index (χ3n) is 2.57. The van der Waals surface area contributed by atoms with Gasteiger partial charge in [0.15, 0.2) is 0 Å². The number of oxazole rings is 1. The SMILES string of the molecule is Cc1coc(SCOC(=O)[C@@H](NC(=O)OC(C)(C)C)C(C)C)n1. The van der Waals surface area contributed by atoms with Gasteiger partial charge >= 0.3 is 12.1 Å². The van der Waals surface area contributed by atoms with E-state index in [0.29, 0.717) is 5.22 Å². The highest BCUT2D eigenvalue weighted by molar-refractivity contribution is 7.98. The number of amides is 1. The van der Waals surface area contributed by atoms with Gasteiger partial charge in [0.1, 0.15) is 23.8 Å². The van der Waals surface area contributed by atoms with Crippen molar-refractivity contribution in [3.63, 3.8) is 0 Å². The molecule has 0 bridgehead atoms. The number of rotatable bonds is 6. The van der Waals surface area contributed by atoms with E-state index in [4.69, 9.17) is 13.9 Å². The lowest BCUT2D eigenvalue weighted by Gasteiger charge is -2.24. The average Bonchev–Trinajstić information content (AvgIpc) is 2.79. The molecule has 0 aliphatic carbocycles. The summed E-state index contributed by atoms with van der Waals surface area (Å²) in [5.41, 5.74) is 0.124. The van der Waals surface area contributed by atoms with E-state index in [1.807, 2.05) is 13.8 Å². The molecule has 23 heavy (non-hydrogen) atoms. The van der Waals surface area contributed by atoms with Crippen LogP contribution in [0, 0.1) is 12.8 Å². The minimum Gasteiger partial charge on any atom is -0.453 e. The van der Waals surface area contributed by atoms with Crippen LogP contribution in [0.5, 0.6) is 0 Å². The molecule has 7 nitrogen and oxygen atoms in total. The molecular formula is C15H24N2O5S. The fourth-order valence-electron chi connectivity index (χ4n) is 1.56. The maximum atomic E-state index is 12.1. The lowest BCUT2D eigenvalue weighted by atomic mass is 10.1. The molecule has 1 heterocycles. The van der Waals surface area contributed by atoms with Gasteiger partial charge in [0, 0.05) is 0 Å². The second-order valence-corrected chi connectivity index (χ2v) is 7.22. The molecule has 0 fully saturated rings. The van der Waals surface area contributed by atoms with Crippen molar-refractivity contribution >= 4 is 23.8 Å². The van der Waals surface area contributed by atoms with Crippen LogP contribution in [0.3, 0.4) is 0 Å². The number of ether oxygens (including phenoxy) is 2. The Labute approximate surface area is 140 Å². The van der Waals surface area contributed by atoms with Crippen LogP contribution in [-0.4, -0.2) is 34.6 Å². The molecule has 0 spiro atoms. The normalized spacial score (nSPS) is 12.8. The number of hydrogen-bond acceptors (Lipinski definition) is 7. The van der Waals surface area contributed by atoms with Crippen LogP contribution in [0.2, 0.25) is 0 Å². The molecular weight excluding hydrogens is 320 g/mol. The van der Waals surface area contributed by atoms with Crippen LogP contribution in [0.25, 0.3) is 0 Å². The number of nitrogens with one attached hydrogen (secondary N) is 1. The molecule has 0 aromatic carbocycles. The van der Waals surface area contributed by atoms with Crippen LogP contribution >= 0.6 is 11.8 Å². The first kappa shape index (κ1) is 19.3. The summed E-state index contributed by atoms with van der Waals surface area (Å²) in [5, 5.41) is 2.97. The van der Waals surface area contributed by atoms with Gasteiger partial charge in [0.25, 0.3) is 5.22 Å². The van der Waals surface area contributed by atoms with Crippen molar-refractivity contribution in [1.29, 1.82) is 0 Å². The van der Waals surface area contributed by atoms with Gasteiger partial charge in [0.05, 0.1) is 5.69 Å². The Hall–Kier alpha value is -1.70. The van der Waals surface area contributed by atoms with Gasteiger partial charge in [0.2, 0.25) is 0 Å². The van der Waals surface area contributed by atoms with Crippen LogP contribution in [-0.2, 0) is 14.3 Å². The molecule has 0 saturated carbocycles. The smallest absolute Gasteiger partial charge is 0.408 e. The Kier molecular flexibility index (Phi) is 6.93. The Balaban J connectivity index is 2.49. The van der Waals surface area contributed by atoms with Gasteiger partial charge in [-0.3, -0.25) is 0 Å². The van der Waals surface area contributed by atoms with E-state index >= 15 is 0 Å². The molecule has 1 atom stereocenters. The highest BCUT2D eigenvalue weighted by Gasteiger charge is 2.28. The topological polar surface area (TPSA) is 90.7 Å². The highest BCUT2D eigenvalue weighted by atomic mass is 32.2. The number of thioether (sulfide) groups is 1. The summed E-state index contributed by atoms with van der Waals surface area (Å²) < 4.78 is 15.5. The van der Waals surface area contributed by atoms with Crippen molar-refractivity contribution in [1.82, 2.24) is 10.3 Å². The van der Waals surface area contributed by atoms with E-state index in [0.717, 1.165) is 17.5 Å². The molecule has 0 aliphatic heterocycles. The second-order valence-electron chi connectivity index (χ2n) is 6.35.